The third-order valence-electron chi connectivity index (χ3n) is 6.53. The molecule has 8 nitrogen and oxygen atoms in total. The van der Waals surface area contributed by atoms with Crippen molar-refractivity contribution in [2.75, 3.05) is 13.1 Å². The van der Waals surface area contributed by atoms with Gasteiger partial charge in [0.25, 0.3) is 11.5 Å². The van der Waals surface area contributed by atoms with Gasteiger partial charge in [0, 0.05) is 25.0 Å². The molecule has 9 heteroatoms. The molecule has 2 heterocycles. The van der Waals surface area contributed by atoms with Crippen molar-refractivity contribution in [2.45, 2.75) is 52.1 Å². The van der Waals surface area contributed by atoms with Gasteiger partial charge in [0.15, 0.2) is 5.69 Å². The Morgan fingerprint density at radius 2 is 1.89 bits per heavy atom. The normalized spacial score (nSPS) is 16.1. The van der Waals surface area contributed by atoms with Gasteiger partial charge in [-0.3, -0.25) is 30.1 Å². The molecule has 2 amide bonds. The Bertz CT molecular complexity index is 1290. The molecule has 0 aliphatic carbocycles. The summed E-state index contributed by atoms with van der Waals surface area (Å²) in [5.41, 5.74) is 5.75. The summed E-state index contributed by atoms with van der Waals surface area (Å²) in [5.74, 6) is -1.44. The van der Waals surface area contributed by atoms with Crippen LogP contribution in [0, 0.1) is 11.7 Å². The van der Waals surface area contributed by atoms with E-state index in [1.807, 2.05) is 6.07 Å². The minimum absolute atomic E-state index is 0.0957. The van der Waals surface area contributed by atoms with Crippen LogP contribution in [-0.4, -0.2) is 39.6 Å². The molecular formula is C27H32FN5O3. The van der Waals surface area contributed by atoms with Gasteiger partial charge in [-0.15, -0.1) is 0 Å². The molecule has 1 saturated heterocycles. The first-order valence-corrected chi connectivity index (χ1v) is 12.5. The second-order valence-corrected chi connectivity index (χ2v) is 9.28. The number of carbonyl (C=O) groups excluding carboxylic acids is 2. The molecule has 0 radical (unpaired) electrons. The number of aryl methyl sites for hydroxylation is 1. The highest BCUT2D eigenvalue weighted by Crippen LogP contribution is 2.19. The third kappa shape index (κ3) is 6.15. The summed E-state index contributed by atoms with van der Waals surface area (Å²) in [4.78, 5) is 40.8. The number of hydrogen-bond donors (Lipinski definition) is 2. The maximum absolute atomic E-state index is 13.5. The van der Waals surface area contributed by atoms with E-state index in [4.69, 9.17) is 0 Å². The summed E-state index contributed by atoms with van der Waals surface area (Å²) >= 11 is 0. The van der Waals surface area contributed by atoms with Gasteiger partial charge in [0.2, 0.25) is 5.91 Å². The number of aromatic nitrogens is 2. The van der Waals surface area contributed by atoms with Crippen LogP contribution >= 0.6 is 0 Å². The number of unbranched alkanes of at least 4 members (excludes halogenated alkanes) is 2. The number of benzene rings is 2. The first-order chi connectivity index (χ1) is 17.5. The van der Waals surface area contributed by atoms with Crippen molar-refractivity contribution >= 4 is 22.6 Å². The van der Waals surface area contributed by atoms with Crippen molar-refractivity contribution < 1.29 is 14.0 Å². The summed E-state index contributed by atoms with van der Waals surface area (Å²) in [6.07, 6.45) is 4.27. The zero-order chi connectivity index (χ0) is 25.5. The van der Waals surface area contributed by atoms with Crippen LogP contribution in [-0.2, 0) is 17.9 Å². The van der Waals surface area contributed by atoms with E-state index in [1.165, 1.54) is 16.8 Å². The topological polar surface area (TPSA) is 96.3 Å². The number of nitrogens with zero attached hydrogens (tertiary/aromatic N) is 3. The Morgan fingerprint density at radius 1 is 1.08 bits per heavy atom. The Kier molecular flexibility index (Phi) is 8.43. The van der Waals surface area contributed by atoms with Crippen LogP contribution in [0.2, 0.25) is 0 Å². The summed E-state index contributed by atoms with van der Waals surface area (Å²) in [5, 5.41) is 5.19. The number of hydrazine groups is 1. The average Bonchev–Trinajstić information content (AvgIpc) is 2.89. The molecule has 1 atom stereocenters. The van der Waals surface area contributed by atoms with Crippen LogP contribution in [0.3, 0.4) is 0 Å². The first-order valence-electron chi connectivity index (χ1n) is 12.5. The van der Waals surface area contributed by atoms with Crippen LogP contribution in [0.15, 0.2) is 53.3 Å². The average molecular weight is 494 g/mol. The van der Waals surface area contributed by atoms with Crippen molar-refractivity contribution in [3.63, 3.8) is 0 Å². The summed E-state index contributed by atoms with van der Waals surface area (Å²) in [6.45, 7) is 4.39. The predicted molar refractivity (Wildman–Crippen MR) is 136 cm³/mol. The van der Waals surface area contributed by atoms with Gasteiger partial charge in [-0.1, -0.05) is 50.1 Å². The highest BCUT2D eigenvalue weighted by atomic mass is 19.1. The fourth-order valence-electron chi connectivity index (χ4n) is 4.65. The zero-order valence-electron chi connectivity index (χ0n) is 20.5. The monoisotopic (exact) mass is 493 g/mol. The van der Waals surface area contributed by atoms with E-state index in [9.17, 15) is 18.8 Å². The van der Waals surface area contributed by atoms with Crippen LogP contribution in [0.5, 0.6) is 0 Å². The Balaban J connectivity index is 1.41. The fourth-order valence-corrected chi connectivity index (χ4v) is 4.65. The highest BCUT2D eigenvalue weighted by molar-refractivity contribution is 6.05. The van der Waals surface area contributed by atoms with Gasteiger partial charge < -0.3 is 0 Å². The number of likely N-dealkylation sites (tertiary alicyclic amines) is 1. The fraction of sp³-hybridized carbons (Fsp3) is 0.407. The molecule has 1 aliphatic heterocycles. The summed E-state index contributed by atoms with van der Waals surface area (Å²) in [6, 6.07) is 13.3. The summed E-state index contributed by atoms with van der Waals surface area (Å²) in [7, 11) is 0. The lowest BCUT2D eigenvalue weighted by atomic mass is 9.97. The molecule has 2 aromatic carbocycles. The Labute approximate surface area is 209 Å². The number of halogens is 1. The van der Waals surface area contributed by atoms with E-state index in [0.717, 1.165) is 37.8 Å². The van der Waals surface area contributed by atoms with Crippen molar-refractivity contribution in [1.29, 1.82) is 0 Å². The van der Waals surface area contributed by atoms with Crippen LogP contribution in [0.1, 0.15) is 55.1 Å². The van der Waals surface area contributed by atoms with Crippen molar-refractivity contribution in [3.8, 4) is 0 Å². The van der Waals surface area contributed by atoms with Gasteiger partial charge in [-0.2, -0.15) is 5.10 Å². The van der Waals surface area contributed by atoms with Crippen LogP contribution < -0.4 is 16.4 Å². The molecule has 1 fully saturated rings. The maximum Gasteiger partial charge on any atom is 0.290 e. The zero-order valence-corrected chi connectivity index (χ0v) is 20.5. The lowest BCUT2D eigenvalue weighted by Crippen LogP contribution is -2.49. The van der Waals surface area contributed by atoms with E-state index in [-0.39, 0.29) is 28.9 Å². The van der Waals surface area contributed by atoms with E-state index < -0.39 is 5.91 Å². The van der Waals surface area contributed by atoms with Crippen molar-refractivity contribution in [1.82, 2.24) is 25.5 Å². The number of amides is 2. The number of piperidine rings is 1. The number of nitrogens with one attached hydrogen (secondary N) is 2. The van der Waals surface area contributed by atoms with Gasteiger partial charge in [-0.25, -0.2) is 9.07 Å². The minimum atomic E-state index is -0.573. The van der Waals surface area contributed by atoms with E-state index in [1.54, 1.807) is 30.3 Å². The molecule has 1 unspecified atom stereocenters. The SMILES string of the molecule is CCCCCn1nc(C(=O)NNC(=O)C2CCCN(Cc3cccc(F)c3)C2)c2ccccc2c1=O. The number of hydrogen-bond acceptors (Lipinski definition) is 5. The third-order valence-corrected chi connectivity index (χ3v) is 6.53. The number of fused-ring (bicyclic) bond motifs is 1. The summed E-state index contributed by atoms with van der Waals surface area (Å²) < 4.78 is 14.9. The van der Waals surface area contributed by atoms with Gasteiger partial charge in [0.05, 0.1) is 11.3 Å². The second-order valence-electron chi connectivity index (χ2n) is 9.28. The largest absolute Gasteiger partial charge is 0.298 e. The molecule has 1 aliphatic rings. The second kappa shape index (κ2) is 11.9. The minimum Gasteiger partial charge on any atom is -0.298 e. The molecule has 0 bridgehead atoms. The van der Waals surface area contributed by atoms with Gasteiger partial charge in [-0.05, 0) is 49.6 Å². The highest BCUT2D eigenvalue weighted by Gasteiger charge is 2.27. The van der Waals surface area contributed by atoms with Crippen molar-refractivity contribution in [2.24, 2.45) is 5.92 Å². The van der Waals surface area contributed by atoms with E-state index >= 15 is 0 Å². The smallest absolute Gasteiger partial charge is 0.290 e. The van der Waals surface area contributed by atoms with E-state index in [2.05, 4.69) is 27.8 Å². The Morgan fingerprint density at radius 3 is 2.67 bits per heavy atom. The molecule has 0 saturated carbocycles. The predicted octanol–water partition coefficient (Wildman–Crippen LogP) is 3.40. The Hall–Kier alpha value is -3.59. The number of rotatable bonds is 8. The lowest BCUT2D eigenvalue weighted by Gasteiger charge is -2.32. The molecular weight excluding hydrogens is 461 g/mol. The maximum atomic E-state index is 13.5. The van der Waals surface area contributed by atoms with Crippen molar-refractivity contribution in [3.05, 3.63) is 76.0 Å². The van der Waals surface area contributed by atoms with E-state index in [0.29, 0.717) is 36.8 Å². The molecule has 0 spiro atoms. The molecule has 1 aromatic heterocycles. The first kappa shape index (κ1) is 25.5. The van der Waals surface area contributed by atoms with Crippen LogP contribution in [0.4, 0.5) is 4.39 Å². The lowest BCUT2D eigenvalue weighted by molar-refractivity contribution is -0.127. The molecule has 4 rings (SSSR count). The molecule has 190 valence electrons. The molecule has 36 heavy (non-hydrogen) atoms. The quantitative estimate of drug-likeness (QED) is 0.370. The van der Waals surface area contributed by atoms with Crippen LogP contribution in [0.25, 0.3) is 10.8 Å². The number of carbonyl (C=O) groups is 2. The molecule has 2 N–H and O–H groups in total. The molecule has 3 aromatic rings. The van der Waals surface area contributed by atoms with Gasteiger partial charge in [0.1, 0.15) is 5.82 Å². The standard InChI is InChI=1S/C27H32FN5O3/c1-2-3-6-15-33-27(36)23-13-5-4-12-22(23)24(31-33)26(35)30-29-25(34)20-10-8-14-32(18-20)17-19-9-7-11-21(28)16-19/h4-5,7,9,11-13,16,20H,2-3,6,8,10,14-15,17-18H2,1H3,(H,29,34)(H,30,35). The van der Waals surface area contributed by atoms with Gasteiger partial charge >= 0.3 is 0 Å².